The molecule has 3 aromatic heterocycles. The van der Waals surface area contributed by atoms with E-state index >= 15 is 0 Å². The molecule has 3 aromatic rings. The fourth-order valence-electron chi connectivity index (χ4n) is 4.07. The third-order valence-electron chi connectivity index (χ3n) is 5.42. The van der Waals surface area contributed by atoms with Gasteiger partial charge in [-0.3, -0.25) is 13.9 Å². The van der Waals surface area contributed by atoms with Crippen LogP contribution in [-0.4, -0.2) is 51.0 Å². The van der Waals surface area contributed by atoms with Crippen LogP contribution < -0.4 is 5.69 Å². The molecule has 0 bridgehead atoms. The zero-order valence-electron chi connectivity index (χ0n) is 16.6. The van der Waals surface area contributed by atoms with E-state index in [1.807, 2.05) is 6.92 Å². The Kier molecular flexibility index (Phi) is 5.28. The lowest BCUT2D eigenvalue weighted by Gasteiger charge is -2.31. The molecule has 1 fully saturated rings. The van der Waals surface area contributed by atoms with Gasteiger partial charge in [0.2, 0.25) is 10.0 Å². The van der Waals surface area contributed by atoms with Gasteiger partial charge in [0.25, 0.3) is 0 Å². The van der Waals surface area contributed by atoms with E-state index in [-0.39, 0.29) is 19.1 Å². The maximum atomic E-state index is 13.1. The number of thiophene rings is 1. The molecule has 0 aliphatic carbocycles. The van der Waals surface area contributed by atoms with E-state index in [0.717, 1.165) is 9.75 Å². The first-order valence-corrected chi connectivity index (χ1v) is 11.8. The summed E-state index contributed by atoms with van der Waals surface area (Å²) in [6.07, 6.45) is 2.46. The lowest BCUT2D eigenvalue weighted by atomic mass is 10.1. The third-order valence-corrected chi connectivity index (χ3v) is 8.54. The van der Waals surface area contributed by atoms with Crippen LogP contribution in [-0.2, 0) is 21.4 Å². The van der Waals surface area contributed by atoms with Crippen molar-refractivity contribution in [2.24, 2.45) is 0 Å². The van der Waals surface area contributed by atoms with Crippen molar-refractivity contribution in [1.29, 1.82) is 0 Å². The molecule has 0 radical (unpaired) electrons. The lowest BCUT2D eigenvalue weighted by Crippen LogP contribution is -2.41. The van der Waals surface area contributed by atoms with E-state index in [0.29, 0.717) is 28.9 Å². The third kappa shape index (κ3) is 3.46. The molecule has 0 atom stereocenters. The highest BCUT2D eigenvalue weighted by Crippen LogP contribution is 2.32. The van der Waals surface area contributed by atoms with Gasteiger partial charge in [-0.05, 0) is 44.9 Å². The Morgan fingerprint density at radius 3 is 2.60 bits per heavy atom. The van der Waals surface area contributed by atoms with Crippen molar-refractivity contribution in [2.45, 2.75) is 44.2 Å². The minimum Gasteiger partial charge on any atom is -0.480 e. The number of hydrogen-bond acceptors (Lipinski definition) is 6. The molecule has 4 heterocycles. The molecule has 4 rings (SSSR count). The normalized spacial score (nSPS) is 16.3. The summed E-state index contributed by atoms with van der Waals surface area (Å²) in [4.78, 5) is 30.5. The van der Waals surface area contributed by atoms with Gasteiger partial charge in [-0.1, -0.05) is 0 Å². The van der Waals surface area contributed by atoms with Gasteiger partial charge in [-0.2, -0.15) is 4.31 Å². The monoisotopic (exact) mass is 450 g/mol. The summed E-state index contributed by atoms with van der Waals surface area (Å²) in [5, 5.41) is 9.17. The van der Waals surface area contributed by atoms with Crippen molar-refractivity contribution in [3.8, 4) is 0 Å². The number of aliphatic carboxylic acids is 1. The second kappa shape index (κ2) is 7.64. The van der Waals surface area contributed by atoms with Gasteiger partial charge in [0.05, 0.1) is 10.4 Å². The molecule has 1 aliphatic heterocycles. The Balaban J connectivity index is 1.63. The fourth-order valence-corrected chi connectivity index (χ4v) is 7.06. The Labute approximate surface area is 177 Å². The lowest BCUT2D eigenvalue weighted by molar-refractivity contribution is -0.137. The van der Waals surface area contributed by atoms with Crippen LogP contribution in [0.5, 0.6) is 0 Å². The predicted octanol–water partition coefficient (Wildman–Crippen LogP) is 1.99. The van der Waals surface area contributed by atoms with Crippen molar-refractivity contribution in [3.63, 3.8) is 0 Å². The van der Waals surface area contributed by atoms with Crippen molar-refractivity contribution in [2.75, 3.05) is 13.1 Å². The highest BCUT2D eigenvalue weighted by atomic mass is 32.2. The summed E-state index contributed by atoms with van der Waals surface area (Å²) in [7, 11) is -3.58. The molecule has 0 spiro atoms. The van der Waals surface area contributed by atoms with E-state index in [4.69, 9.17) is 5.11 Å². The quantitative estimate of drug-likeness (QED) is 0.636. The minimum absolute atomic E-state index is 0.248. The zero-order chi connectivity index (χ0) is 21.6. The molecule has 11 heteroatoms. The second-order valence-corrected chi connectivity index (χ2v) is 10.8. The second-order valence-electron chi connectivity index (χ2n) is 7.39. The van der Waals surface area contributed by atoms with E-state index in [1.54, 1.807) is 31.3 Å². The molecular formula is C19H22N4O5S2. The highest BCUT2D eigenvalue weighted by Gasteiger charge is 2.33. The average Bonchev–Trinajstić information content (AvgIpc) is 3.18. The summed E-state index contributed by atoms with van der Waals surface area (Å²) < 4.78 is 30.3. The van der Waals surface area contributed by atoms with Crippen molar-refractivity contribution in [1.82, 2.24) is 18.4 Å². The van der Waals surface area contributed by atoms with E-state index in [1.165, 1.54) is 24.8 Å². The number of sulfonamides is 1. The van der Waals surface area contributed by atoms with Crippen LogP contribution in [0.25, 0.3) is 11.2 Å². The number of nitrogens with zero attached hydrogens (tertiary/aromatic N) is 4. The van der Waals surface area contributed by atoms with Crippen LogP contribution >= 0.6 is 11.3 Å². The van der Waals surface area contributed by atoms with Gasteiger partial charge in [0.1, 0.15) is 6.54 Å². The van der Waals surface area contributed by atoms with Crippen molar-refractivity contribution in [3.05, 3.63) is 44.6 Å². The molecule has 30 heavy (non-hydrogen) atoms. The number of carboxylic acid groups (broad SMARTS) is 1. The molecule has 160 valence electrons. The Morgan fingerprint density at radius 2 is 2.00 bits per heavy atom. The summed E-state index contributed by atoms with van der Waals surface area (Å²) in [5.74, 6) is -1.11. The Hall–Kier alpha value is -2.50. The molecular weight excluding hydrogens is 428 g/mol. The number of fused-ring (bicyclic) bond motifs is 1. The highest BCUT2D eigenvalue weighted by molar-refractivity contribution is 7.89. The number of rotatable bonds is 5. The number of aromatic nitrogens is 3. The van der Waals surface area contributed by atoms with Crippen LogP contribution in [0, 0.1) is 13.8 Å². The van der Waals surface area contributed by atoms with Crippen LogP contribution in [0.2, 0.25) is 0 Å². The average molecular weight is 451 g/mol. The predicted molar refractivity (Wildman–Crippen MR) is 112 cm³/mol. The molecule has 0 unspecified atom stereocenters. The molecule has 0 saturated carbocycles. The SMILES string of the molecule is Cc1cc(S(=O)(=O)N2CCC(n3c(=O)n(CC(=O)O)c4cccnc43)CC2)c(C)s1. The van der Waals surface area contributed by atoms with Gasteiger partial charge in [0.15, 0.2) is 5.65 Å². The maximum absolute atomic E-state index is 13.1. The number of pyridine rings is 1. The number of carboxylic acids is 1. The first-order chi connectivity index (χ1) is 14.2. The molecule has 1 saturated heterocycles. The molecule has 1 N–H and O–H groups in total. The Bertz CT molecular complexity index is 1280. The van der Waals surface area contributed by atoms with E-state index < -0.39 is 28.2 Å². The smallest absolute Gasteiger partial charge is 0.331 e. The number of aryl methyl sites for hydroxylation is 2. The van der Waals surface area contributed by atoms with E-state index in [9.17, 15) is 18.0 Å². The van der Waals surface area contributed by atoms with Crippen LogP contribution in [0.4, 0.5) is 0 Å². The first kappa shape index (κ1) is 20.8. The summed E-state index contributed by atoms with van der Waals surface area (Å²) in [6.45, 7) is 3.81. The largest absolute Gasteiger partial charge is 0.480 e. The zero-order valence-corrected chi connectivity index (χ0v) is 18.2. The first-order valence-electron chi connectivity index (χ1n) is 9.55. The van der Waals surface area contributed by atoms with Gasteiger partial charge in [0, 0.05) is 35.1 Å². The van der Waals surface area contributed by atoms with Crippen LogP contribution in [0.15, 0.2) is 34.1 Å². The van der Waals surface area contributed by atoms with E-state index in [2.05, 4.69) is 4.98 Å². The van der Waals surface area contributed by atoms with Gasteiger partial charge in [-0.25, -0.2) is 18.2 Å². The number of hydrogen-bond donors (Lipinski definition) is 1. The van der Waals surface area contributed by atoms with Crippen LogP contribution in [0.3, 0.4) is 0 Å². The molecule has 9 nitrogen and oxygen atoms in total. The number of piperidine rings is 1. The molecule has 1 aliphatic rings. The number of carbonyl (C=O) groups is 1. The molecule has 0 aromatic carbocycles. The maximum Gasteiger partial charge on any atom is 0.331 e. The number of imidazole rings is 1. The van der Waals surface area contributed by atoms with Gasteiger partial charge >= 0.3 is 11.7 Å². The van der Waals surface area contributed by atoms with Crippen molar-refractivity contribution >= 4 is 38.5 Å². The molecule has 0 amide bonds. The summed E-state index contributed by atoms with van der Waals surface area (Å²) in [6, 6.07) is 4.78. The standard InChI is InChI=1S/C19H22N4O5S2/c1-12-10-16(13(2)29-12)30(27,28)21-8-5-14(6-9-21)23-18-15(4-3-7-20-18)22(19(23)26)11-17(24)25/h3-4,7,10,14H,5-6,8-9,11H2,1-2H3,(H,24,25). The topological polar surface area (TPSA) is 114 Å². The van der Waals surface area contributed by atoms with Crippen molar-refractivity contribution < 1.29 is 18.3 Å². The summed E-state index contributed by atoms with van der Waals surface area (Å²) in [5.41, 5.74) is 0.454. The Morgan fingerprint density at radius 1 is 1.30 bits per heavy atom. The minimum atomic E-state index is -3.58. The fraction of sp³-hybridized carbons (Fsp3) is 0.421. The summed E-state index contributed by atoms with van der Waals surface area (Å²) >= 11 is 1.46. The van der Waals surface area contributed by atoms with Gasteiger partial charge < -0.3 is 5.11 Å². The van der Waals surface area contributed by atoms with Crippen LogP contribution in [0.1, 0.15) is 28.6 Å². The van der Waals surface area contributed by atoms with Gasteiger partial charge in [-0.15, -0.1) is 11.3 Å².